The van der Waals surface area contributed by atoms with Crippen LogP contribution in [0.4, 0.5) is 0 Å². The number of nitrogens with zero attached hydrogens (tertiary/aromatic N) is 2. The summed E-state index contributed by atoms with van der Waals surface area (Å²) in [6.45, 7) is 2.04. The molecule has 1 atom stereocenters. The van der Waals surface area contributed by atoms with Crippen LogP contribution in [0.1, 0.15) is 13.1 Å². The molecule has 6 rings (SSSR count). The third kappa shape index (κ3) is 2.22. The Balaban J connectivity index is 1.86. The zero-order valence-electron chi connectivity index (χ0n) is 16.2. The van der Waals surface area contributed by atoms with Gasteiger partial charge in [-0.25, -0.2) is 0 Å². The Bertz CT molecular complexity index is 1520. The van der Waals surface area contributed by atoms with Gasteiger partial charge in [0, 0.05) is 27.2 Å². The summed E-state index contributed by atoms with van der Waals surface area (Å²) < 4.78 is 4.61. The topological polar surface area (TPSA) is 35.9 Å². The first-order valence-corrected chi connectivity index (χ1v) is 10.0. The van der Waals surface area contributed by atoms with Crippen LogP contribution in [0.15, 0.2) is 91.0 Å². The van der Waals surface area contributed by atoms with Crippen LogP contribution >= 0.6 is 0 Å². The summed E-state index contributed by atoms with van der Waals surface area (Å²) in [5, 5.41) is 4.99. The Morgan fingerprint density at radius 1 is 0.586 bits per heavy atom. The normalized spacial score (nSPS) is 13.0. The molecule has 2 N–H and O–H groups in total. The predicted molar refractivity (Wildman–Crippen MR) is 123 cm³/mol. The van der Waals surface area contributed by atoms with Crippen LogP contribution in [0, 0.1) is 0 Å². The Kier molecular flexibility index (Phi) is 3.37. The van der Waals surface area contributed by atoms with E-state index in [0.29, 0.717) is 0 Å². The van der Waals surface area contributed by atoms with Gasteiger partial charge < -0.3 is 14.9 Å². The Hall–Kier alpha value is -3.56. The molecule has 3 heteroatoms. The molecular weight excluding hydrogens is 354 g/mol. The number of hydrogen-bond acceptors (Lipinski definition) is 1. The molecule has 3 nitrogen and oxygen atoms in total. The third-order valence-electron chi connectivity index (χ3n) is 5.93. The average Bonchev–Trinajstić information content (AvgIpc) is 3.25. The highest BCUT2D eigenvalue weighted by Crippen LogP contribution is 2.38. The summed E-state index contributed by atoms with van der Waals surface area (Å²) in [7, 11) is 0. The van der Waals surface area contributed by atoms with Gasteiger partial charge in [-0.15, -0.1) is 0 Å². The molecule has 0 spiro atoms. The maximum atomic E-state index is 6.40. The van der Waals surface area contributed by atoms with Crippen molar-refractivity contribution in [1.29, 1.82) is 0 Å². The molecule has 29 heavy (non-hydrogen) atoms. The second kappa shape index (κ2) is 5.97. The SMILES string of the molecule is CC(N)n1c2ccccc2c2cc3c(cc21)c1ccccc1n3-c1ccccc1. The number of rotatable bonds is 2. The summed E-state index contributed by atoms with van der Waals surface area (Å²) in [6.07, 6.45) is -0.0997. The molecule has 2 heterocycles. The van der Waals surface area contributed by atoms with Crippen molar-refractivity contribution in [2.24, 2.45) is 5.73 Å². The van der Waals surface area contributed by atoms with Crippen LogP contribution < -0.4 is 5.73 Å². The first-order chi connectivity index (χ1) is 14.2. The maximum absolute atomic E-state index is 6.40. The molecule has 0 aliphatic rings. The van der Waals surface area contributed by atoms with Crippen molar-refractivity contribution in [3.8, 4) is 5.69 Å². The molecule has 0 radical (unpaired) electrons. The summed E-state index contributed by atoms with van der Waals surface area (Å²) in [5.41, 5.74) is 12.4. The van der Waals surface area contributed by atoms with Crippen LogP contribution in [0.5, 0.6) is 0 Å². The molecule has 0 amide bonds. The molecule has 0 saturated heterocycles. The number of hydrogen-bond donors (Lipinski definition) is 1. The molecule has 6 aromatic rings. The van der Waals surface area contributed by atoms with Gasteiger partial charge in [-0.05, 0) is 43.3 Å². The molecule has 140 valence electrons. The van der Waals surface area contributed by atoms with Gasteiger partial charge in [0.2, 0.25) is 0 Å². The number of nitrogens with two attached hydrogens (primary N) is 1. The second-order valence-electron chi connectivity index (χ2n) is 7.70. The summed E-state index contributed by atoms with van der Waals surface area (Å²) >= 11 is 0. The van der Waals surface area contributed by atoms with E-state index in [4.69, 9.17) is 5.73 Å². The van der Waals surface area contributed by atoms with Crippen LogP contribution in [-0.4, -0.2) is 9.13 Å². The molecular formula is C26H21N3. The molecule has 0 saturated carbocycles. The van der Waals surface area contributed by atoms with Crippen molar-refractivity contribution >= 4 is 43.6 Å². The van der Waals surface area contributed by atoms with E-state index in [-0.39, 0.29) is 6.17 Å². The Morgan fingerprint density at radius 2 is 1.14 bits per heavy atom. The van der Waals surface area contributed by atoms with Crippen molar-refractivity contribution in [3.05, 3.63) is 91.0 Å². The molecule has 0 aliphatic carbocycles. The molecule has 1 unspecified atom stereocenters. The average molecular weight is 375 g/mol. The van der Waals surface area contributed by atoms with E-state index >= 15 is 0 Å². The first-order valence-electron chi connectivity index (χ1n) is 10.0. The number of aromatic nitrogens is 2. The highest BCUT2D eigenvalue weighted by atomic mass is 15.1. The monoisotopic (exact) mass is 375 g/mol. The highest BCUT2D eigenvalue weighted by Gasteiger charge is 2.18. The fraction of sp³-hybridized carbons (Fsp3) is 0.0769. The Morgan fingerprint density at radius 3 is 1.86 bits per heavy atom. The van der Waals surface area contributed by atoms with Crippen molar-refractivity contribution < 1.29 is 0 Å². The van der Waals surface area contributed by atoms with Crippen molar-refractivity contribution in [1.82, 2.24) is 9.13 Å². The van der Waals surface area contributed by atoms with E-state index in [1.54, 1.807) is 0 Å². The van der Waals surface area contributed by atoms with E-state index < -0.39 is 0 Å². The quantitative estimate of drug-likeness (QED) is 0.375. The van der Waals surface area contributed by atoms with Gasteiger partial charge in [0.25, 0.3) is 0 Å². The third-order valence-corrected chi connectivity index (χ3v) is 5.93. The van der Waals surface area contributed by atoms with Crippen molar-refractivity contribution in [2.45, 2.75) is 13.1 Å². The van der Waals surface area contributed by atoms with Crippen LogP contribution in [0.3, 0.4) is 0 Å². The zero-order chi connectivity index (χ0) is 19.5. The van der Waals surface area contributed by atoms with Gasteiger partial charge in [-0.1, -0.05) is 54.6 Å². The minimum Gasteiger partial charge on any atom is -0.325 e. The summed E-state index contributed by atoms with van der Waals surface area (Å²) in [5.74, 6) is 0. The summed E-state index contributed by atoms with van der Waals surface area (Å²) in [4.78, 5) is 0. The minimum atomic E-state index is -0.0997. The van der Waals surface area contributed by atoms with Crippen molar-refractivity contribution in [3.63, 3.8) is 0 Å². The largest absolute Gasteiger partial charge is 0.325 e. The van der Waals surface area contributed by atoms with Crippen LogP contribution in [-0.2, 0) is 0 Å². The second-order valence-corrected chi connectivity index (χ2v) is 7.70. The smallest absolute Gasteiger partial charge is 0.0792 e. The predicted octanol–water partition coefficient (Wildman–Crippen LogP) is 6.37. The van der Waals surface area contributed by atoms with E-state index in [0.717, 1.165) is 0 Å². The van der Waals surface area contributed by atoms with Crippen LogP contribution in [0.2, 0.25) is 0 Å². The van der Waals surface area contributed by atoms with Gasteiger partial charge in [-0.2, -0.15) is 0 Å². The van der Waals surface area contributed by atoms with E-state index in [1.165, 1.54) is 49.3 Å². The van der Waals surface area contributed by atoms with Gasteiger partial charge in [0.05, 0.1) is 28.2 Å². The molecule has 4 aromatic carbocycles. The van der Waals surface area contributed by atoms with E-state index in [2.05, 4.69) is 100 Å². The zero-order valence-corrected chi connectivity index (χ0v) is 16.2. The van der Waals surface area contributed by atoms with Gasteiger partial charge in [-0.3, -0.25) is 0 Å². The highest BCUT2D eigenvalue weighted by molar-refractivity contribution is 6.18. The molecule has 2 aromatic heterocycles. The van der Waals surface area contributed by atoms with Gasteiger partial charge >= 0.3 is 0 Å². The lowest BCUT2D eigenvalue weighted by molar-refractivity contribution is 0.610. The summed E-state index contributed by atoms with van der Waals surface area (Å²) in [6, 6.07) is 32.4. The maximum Gasteiger partial charge on any atom is 0.0792 e. The standard InChI is InChI=1S/C26H21N3/c1-17(27)28-23-13-7-5-11-19(23)21-16-26-22(15-25(21)28)20-12-6-8-14-24(20)29(26)18-9-3-2-4-10-18/h2-17H,27H2,1H3. The lowest BCUT2D eigenvalue weighted by Gasteiger charge is -2.11. The number of benzene rings is 4. The lowest BCUT2D eigenvalue weighted by atomic mass is 10.1. The first kappa shape index (κ1) is 16.4. The van der Waals surface area contributed by atoms with Crippen molar-refractivity contribution in [2.75, 3.05) is 0 Å². The van der Waals surface area contributed by atoms with Gasteiger partial charge in [0.1, 0.15) is 0 Å². The molecule has 0 bridgehead atoms. The minimum absolute atomic E-state index is 0.0997. The van der Waals surface area contributed by atoms with E-state index in [1.807, 2.05) is 6.92 Å². The lowest BCUT2D eigenvalue weighted by Crippen LogP contribution is -2.13. The molecule has 0 fully saturated rings. The Labute approximate surface area is 168 Å². The number of para-hydroxylation sites is 3. The fourth-order valence-corrected chi connectivity index (χ4v) is 4.75. The van der Waals surface area contributed by atoms with Crippen LogP contribution in [0.25, 0.3) is 49.3 Å². The van der Waals surface area contributed by atoms with E-state index in [9.17, 15) is 0 Å². The molecule has 0 aliphatic heterocycles. The van der Waals surface area contributed by atoms with Gasteiger partial charge in [0.15, 0.2) is 0 Å². The fourth-order valence-electron chi connectivity index (χ4n) is 4.75. The number of fused-ring (bicyclic) bond motifs is 6.